The Morgan fingerprint density at radius 2 is 1.89 bits per heavy atom. The third-order valence-electron chi connectivity index (χ3n) is 3.08. The number of benzene rings is 1. The van der Waals surface area contributed by atoms with E-state index in [0.29, 0.717) is 25.7 Å². The molecule has 0 spiro atoms. The molecule has 1 heterocycles. The molecule has 96 valence electrons. The second-order valence-corrected chi connectivity index (χ2v) is 4.36. The van der Waals surface area contributed by atoms with Crippen LogP contribution in [-0.2, 0) is 4.74 Å². The van der Waals surface area contributed by atoms with Crippen LogP contribution in [0.3, 0.4) is 0 Å². The van der Waals surface area contributed by atoms with E-state index in [1.54, 1.807) is 6.07 Å². The Balaban J connectivity index is 2.02. The molecule has 18 heavy (non-hydrogen) atoms. The molecule has 0 aliphatic carbocycles. The quantitative estimate of drug-likeness (QED) is 0.899. The number of ether oxygens (including phenoxy) is 1. The molecule has 1 aromatic carbocycles. The molecule has 0 amide bonds. The Hall–Kier alpha value is -1.67. The third kappa shape index (κ3) is 2.96. The molecule has 1 fully saturated rings. The standard InChI is InChI=1S/C13H14F2N2O/c14-11-5-10(7-16)6-12(15)13(11)17-8-9-1-3-18-4-2-9/h5-6,9,17H,1-4,8H2. The fourth-order valence-electron chi connectivity index (χ4n) is 2.00. The normalized spacial score (nSPS) is 16.3. The second-order valence-electron chi connectivity index (χ2n) is 4.36. The summed E-state index contributed by atoms with van der Waals surface area (Å²) in [5.41, 5.74) is -0.165. The molecule has 1 aromatic rings. The van der Waals surface area contributed by atoms with Gasteiger partial charge in [0.2, 0.25) is 0 Å². The number of nitrogens with one attached hydrogen (secondary N) is 1. The van der Waals surface area contributed by atoms with Crippen LogP contribution in [0.1, 0.15) is 18.4 Å². The molecular formula is C13H14F2N2O. The van der Waals surface area contributed by atoms with Crippen molar-refractivity contribution in [1.82, 2.24) is 0 Å². The average molecular weight is 252 g/mol. The van der Waals surface area contributed by atoms with Crippen LogP contribution in [0.15, 0.2) is 12.1 Å². The van der Waals surface area contributed by atoms with E-state index in [4.69, 9.17) is 10.00 Å². The Morgan fingerprint density at radius 1 is 1.28 bits per heavy atom. The van der Waals surface area contributed by atoms with Crippen molar-refractivity contribution in [3.8, 4) is 6.07 Å². The third-order valence-corrected chi connectivity index (χ3v) is 3.08. The smallest absolute Gasteiger partial charge is 0.150 e. The maximum atomic E-state index is 13.6. The molecule has 0 aromatic heterocycles. The fraction of sp³-hybridized carbons (Fsp3) is 0.462. The van der Waals surface area contributed by atoms with Crippen molar-refractivity contribution in [3.05, 3.63) is 29.3 Å². The maximum absolute atomic E-state index is 13.6. The van der Waals surface area contributed by atoms with Gasteiger partial charge in [-0.25, -0.2) is 8.78 Å². The summed E-state index contributed by atoms with van der Waals surface area (Å²) in [6, 6.07) is 3.79. The van der Waals surface area contributed by atoms with Crippen LogP contribution in [-0.4, -0.2) is 19.8 Å². The van der Waals surface area contributed by atoms with Crippen molar-refractivity contribution < 1.29 is 13.5 Å². The van der Waals surface area contributed by atoms with Gasteiger partial charge in [-0.1, -0.05) is 0 Å². The summed E-state index contributed by atoms with van der Waals surface area (Å²) in [6.07, 6.45) is 1.79. The first-order valence-corrected chi connectivity index (χ1v) is 5.91. The molecule has 1 N–H and O–H groups in total. The Bertz CT molecular complexity index is 442. The van der Waals surface area contributed by atoms with Crippen LogP contribution in [0.2, 0.25) is 0 Å². The highest BCUT2D eigenvalue weighted by atomic mass is 19.1. The highest BCUT2D eigenvalue weighted by Gasteiger charge is 2.16. The Kier molecular flexibility index (Phi) is 4.11. The molecule has 0 bridgehead atoms. The van der Waals surface area contributed by atoms with E-state index in [0.717, 1.165) is 25.0 Å². The summed E-state index contributed by atoms with van der Waals surface area (Å²) in [4.78, 5) is 0. The van der Waals surface area contributed by atoms with Gasteiger partial charge in [0.05, 0.1) is 11.6 Å². The van der Waals surface area contributed by atoms with Crippen LogP contribution >= 0.6 is 0 Å². The van der Waals surface area contributed by atoms with Gasteiger partial charge in [-0.15, -0.1) is 0 Å². The lowest BCUT2D eigenvalue weighted by atomic mass is 10.0. The van der Waals surface area contributed by atoms with Gasteiger partial charge in [0.15, 0.2) is 11.6 Å². The number of hydrogen-bond donors (Lipinski definition) is 1. The van der Waals surface area contributed by atoms with Crippen molar-refractivity contribution >= 4 is 5.69 Å². The molecule has 1 aliphatic rings. The van der Waals surface area contributed by atoms with Crippen LogP contribution in [0, 0.1) is 28.9 Å². The number of nitrogens with zero attached hydrogens (tertiary/aromatic N) is 1. The van der Waals surface area contributed by atoms with E-state index in [1.807, 2.05) is 0 Å². The largest absolute Gasteiger partial charge is 0.381 e. The zero-order chi connectivity index (χ0) is 13.0. The van der Waals surface area contributed by atoms with Gasteiger partial charge < -0.3 is 10.1 Å². The number of anilines is 1. The lowest BCUT2D eigenvalue weighted by Crippen LogP contribution is -2.23. The molecule has 1 aliphatic heterocycles. The van der Waals surface area contributed by atoms with Crippen molar-refractivity contribution in [1.29, 1.82) is 5.26 Å². The number of hydrogen-bond acceptors (Lipinski definition) is 3. The van der Waals surface area contributed by atoms with Crippen molar-refractivity contribution in [2.75, 3.05) is 25.1 Å². The molecule has 3 nitrogen and oxygen atoms in total. The predicted molar refractivity (Wildman–Crippen MR) is 63.1 cm³/mol. The van der Waals surface area contributed by atoms with Crippen LogP contribution in [0.25, 0.3) is 0 Å². The molecule has 1 saturated heterocycles. The van der Waals surface area contributed by atoms with Gasteiger partial charge in [0.1, 0.15) is 5.69 Å². The molecule has 0 radical (unpaired) electrons. The van der Waals surface area contributed by atoms with Gasteiger partial charge in [-0.05, 0) is 30.9 Å². The fourth-order valence-corrected chi connectivity index (χ4v) is 2.00. The van der Waals surface area contributed by atoms with Gasteiger partial charge in [0.25, 0.3) is 0 Å². The lowest BCUT2D eigenvalue weighted by Gasteiger charge is -2.22. The van der Waals surface area contributed by atoms with Crippen molar-refractivity contribution in [2.45, 2.75) is 12.8 Å². The minimum absolute atomic E-state index is 0.0124. The monoisotopic (exact) mass is 252 g/mol. The topological polar surface area (TPSA) is 45.0 Å². The lowest BCUT2D eigenvalue weighted by molar-refractivity contribution is 0.0699. The second kappa shape index (κ2) is 5.78. The van der Waals surface area contributed by atoms with E-state index >= 15 is 0 Å². The summed E-state index contributed by atoms with van der Waals surface area (Å²) in [7, 11) is 0. The average Bonchev–Trinajstić information content (AvgIpc) is 2.38. The highest BCUT2D eigenvalue weighted by Crippen LogP contribution is 2.22. The first kappa shape index (κ1) is 12.8. The van der Waals surface area contributed by atoms with Gasteiger partial charge in [-0.3, -0.25) is 0 Å². The number of halogens is 2. The minimum Gasteiger partial charge on any atom is -0.381 e. The summed E-state index contributed by atoms with van der Waals surface area (Å²) in [6.45, 7) is 1.92. The van der Waals surface area contributed by atoms with E-state index in [9.17, 15) is 8.78 Å². The molecule has 0 saturated carbocycles. The van der Waals surface area contributed by atoms with Gasteiger partial charge in [0, 0.05) is 19.8 Å². The van der Waals surface area contributed by atoms with Crippen LogP contribution in [0.4, 0.5) is 14.5 Å². The summed E-state index contributed by atoms with van der Waals surface area (Å²) in [5.74, 6) is -1.08. The van der Waals surface area contributed by atoms with Crippen molar-refractivity contribution in [3.63, 3.8) is 0 Å². The van der Waals surface area contributed by atoms with Gasteiger partial charge in [-0.2, -0.15) is 5.26 Å². The van der Waals surface area contributed by atoms with Crippen molar-refractivity contribution in [2.24, 2.45) is 5.92 Å². The molecule has 0 atom stereocenters. The van der Waals surface area contributed by atoms with E-state index < -0.39 is 11.6 Å². The summed E-state index contributed by atoms with van der Waals surface area (Å²) >= 11 is 0. The van der Waals surface area contributed by atoms with Crippen LogP contribution < -0.4 is 5.32 Å². The maximum Gasteiger partial charge on any atom is 0.150 e. The predicted octanol–water partition coefficient (Wildman–Crippen LogP) is 2.67. The number of nitriles is 1. The molecule has 2 rings (SSSR count). The van der Waals surface area contributed by atoms with E-state index in [2.05, 4.69) is 5.32 Å². The highest BCUT2D eigenvalue weighted by molar-refractivity contribution is 5.50. The first-order chi connectivity index (χ1) is 8.70. The van der Waals surface area contributed by atoms with Crippen LogP contribution in [0.5, 0.6) is 0 Å². The summed E-state index contributed by atoms with van der Waals surface area (Å²) in [5, 5.41) is 11.4. The zero-order valence-corrected chi connectivity index (χ0v) is 9.88. The SMILES string of the molecule is N#Cc1cc(F)c(NCC2CCOCC2)c(F)c1. The zero-order valence-electron chi connectivity index (χ0n) is 9.88. The summed E-state index contributed by atoms with van der Waals surface area (Å²) < 4.78 is 32.4. The Labute approximate surface area is 104 Å². The molecular weight excluding hydrogens is 238 g/mol. The molecule has 5 heteroatoms. The Morgan fingerprint density at radius 3 is 2.44 bits per heavy atom. The molecule has 0 unspecified atom stereocenters. The van der Waals surface area contributed by atoms with E-state index in [1.165, 1.54) is 0 Å². The number of rotatable bonds is 3. The first-order valence-electron chi connectivity index (χ1n) is 5.91. The minimum atomic E-state index is -0.724. The van der Waals surface area contributed by atoms with Gasteiger partial charge >= 0.3 is 0 Å². The van der Waals surface area contributed by atoms with E-state index in [-0.39, 0.29) is 11.3 Å².